The maximum Gasteiger partial charge on any atom is 0.290 e. The zero-order valence-corrected chi connectivity index (χ0v) is 15.2. The van der Waals surface area contributed by atoms with Gasteiger partial charge < -0.3 is 9.64 Å². The first-order valence-electron chi connectivity index (χ1n) is 7.63. The largest absolute Gasteiger partial charge is 0.496 e. The fourth-order valence-electron chi connectivity index (χ4n) is 3.05. The summed E-state index contributed by atoms with van der Waals surface area (Å²) in [4.78, 5) is 25.7. The van der Waals surface area contributed by atoms with Crippen molar-refractivity contribution in [2.75, 3.05) is 19.1 Å². The third-order valence-corrected chi connectivity index (χ3v) is 5.31. The third kappa shape index (κ3) is 2.71. The van der Waals surface area contributed by atoms with Crippen molar-refractivity contribution in [3.8, 4) is 5.75 Å². The lowest BCUT2D eigenvalue weighted by atomic mass is 9.88. The van der Waals surface area contributed by atoms with Gasteiger partial charge in [0.15, 0.2) is 0 Å². The molecule has 2 aliphatic heterocycles. The predicted molar refractivity (Wildman–Crippen MR) is 98.2 cm³/mol. The number of methoxy groups -OCH3 is 1. The number of likely N-dealkylation sites (N-methyl/N-ethyl adjacent to an activating group) is 1. The van der Waals surface area contributed by atoms with E-state index < -0.39 is 0 Å². The Morgan fingerprint density at radius 3 is 2.58 bits per heavy atom. The minimum absolute atomic E-state index is 0.0876. The number of amides is 2. The van der Waals surface area contributed by atoms with Gasteiger partial charge in [0.25, 0.3) is 11.1 Å². The molecule has 1 saturated heterocycles. The van der Waals surface area contributed by atoms with Gasteiger partial charge in [-0.1, -0.05) is 6.08 Å². The van der Waals surface area contributed by atoms with Gasteiger partial charge in [0, 0.05) is 29.9 Å². The molecule has 0 unspecified atom stereocenters. The number of nitrogens with zero attached hydrogens (tertiary/aromatic N) is 1. The van der Waals surface area contributed by atoms with Crippen LogP contribution in [-0.4, -0.2) is 30.8 Å². The van der Waals surface area contributed by atoms with E-state index in [-0.39, 0.29) is 16.7 Å². The monoisotopic (exact) mass is 344 g/mol. The van der Waals surface area contributed by atoms with Gasteiger partial charge in [-0.25, -0.2) is 0 Å². The van der Waals surface area contributed by atoms with Crippen molar-refractivity contribution < 1.29 is 14.3 Å². The Balaban J connectivity index is 2.14. The van der Waals surface area contributed by atoms with E-state index in [1.165, 1.54) is 5.57 Å². The van der Waals surface area contributed by atoms with Crippen molar-refractivity contribution >= 4 is 40.2 Å². The maximum atomic E-state index is 11.8. The lowest BCUT2D eigenvalue weighted by Gasteiger charge is -2.41. The number of hydrogen-bond acceptors (Lipinski definition) is 5. The number of rotatable bonds is 2. The molecule has 3 rings (SSSR count). The Morgan fingerprint density at radius 1 is 1.29 bits per heavy atom. The molecule has 0 aliphatic carbocycles. The van der Waals surface area contributed by atoms with Crippen molar-refractivity contribution in [1.82, 2.24) is 5.32 Å². The zero-order valence-electron chi connectivity index (χ0n) is 14.4. The maximum absolute atomic E-state index is 11.8. The number of allylic oxidation sites excluding steroid dienone is 1. The lowest BCUT2D eigenvalue weighted by Crippen LogP contribution is -2.42. The van der Waals surface area contributed by atoms with Crippen LogP contribution in [0.25, 0.3) is 11.6 Å². The van der Waals surface area contributed by atoms with Crippen LogP contribution < -0.4 is 15.0 Å². The Bertz CT molecular complexity index is 809. The van der Waals surface area contributed by atoms with Crippen molar-refractivity contribution in [3.05, 3.63) is 34.2 Å². The molecule has 1 N–H and O–H groups in total. The van der Waals surface area contributed by atoms with Crippen molar-refractivity contribution in [1.29, 1.82) is 0 Å². The summed E-state index contributed by atoms with van der Waals surface area (Å²) in [5.74, 6) is 0.307. The molecule has 1 aromatic carbocycles. The van der Waals surface area contributed by atoms with E-state index in [0.717, 1.165) is 28.6 Å². The highest BCUT2D eigenvalue weighted by Crippen LogP contribution is 2.42. The van der Waals surface area contributed by atoms with Crippen LogP contribution in [-0.2, 0) is 4.79 Å². The molecular weight excluding hydrogens is 324 g/mol. The van der Waals surface area contributed by atoms with Gasteiger partial charge >= 0.3 is 0 Å². The van der Waals surface area contributed by atoms with Crippen LogP contribution in [0, 0.1) is 0 Å². The number of anilines is 1. The molecule has 0 bridgehead atoms. The van der Waals surface area contributed by atoms with E-state index in [9.17, 15) is 9.59 Å². The average molecular weight is 344 g/mol. The number of benzene rings is 1. The number of imide groups is 1. The Kier molecular flexibility index (Phi) is 3.95. The first-order chi connectivity index (χ1) is 11.2. The topological polar surface area (TPSA) is 58.6 Å². The van der Waals surface area contributed by atoms with Gasteiger partial charge in [-0.15, -0.1) is 0 Å². The van der Waals surface area contributed by atoms with E-state index in [0.29, 0.717) is 10.7 Å². The zero-order chi connectivity index (χ0) is 17.6. The second-order valence-electron chi connectivity index (χ2n) is 6.50. The van der Waals surface area contributed by atoms with Crippen LogP contribution in [0.2, 0.25) is 0 Å². The molecule has 0 radical (unpaired) electrons. The molecule has 1 fully saturated rings. The molecule has 5 nitrogen and oxygen atoms in total. The van der Waals surface area contributed by atoms with Crippen molar-refractivity contribution in [2.45, 2.75) is 26.3 Å². The molecular formula is C18H20N2O3S. The van der Waals surface area contributed by atoms with Gasteiger partial charge in [0.05, 0.1) is 17.6 Å². The van der Waals surface area contributed by atoms with Crippen LogP contribution in [0.1, 0.15) is 31.9 Å². The highest BCUT2D eigenvalue weighted by atomic mass is 32.2. The number of hydrogen-bond donors (Lipinski definition) is 1. The molecule has 126 valence electrons. The van der Waals surface area contributed by atoms with Gasteiger partial charge in [0.2, 0.25) is 0 Å². The molecule has 2 heterocycles. The van der Waals surface area contributed by atoms with E-state index in [4.69, 9.17) is 4.74 Å². The first kappa shape index (κ1) is 16.6. The highest BCUT2D eigenvalue weighted by Gasteiger charge is 2.30. The minimum Gasteiger partial charge on any atom is -0.496 e. The van der Waals surface area contributed by atoms with Crippen molar-refractivity contribution in [2.24, 2.45) is 0 Å². The molecule has 0 aromatic heterocycles. The summed E-state index contributed by atoms with van der Waals surface area (Å²) >= 11 is 0.907. The third-order valence-electron chi connectivity index (χ3n) is 4.50. The summed E-state index contributed by atoms with van der Waals surface area (Å²) in [5.41, 5.74) is 4.05. The van der Waals surface area contributed by atoms with Crippen LogP contribution in [0.15, 0.2) is 23.1 Å². The van der Waals surface area contributed by atoms with E-state index >= 15 is 0 Å². The highest BCUT2D eigenvalue weighted by molar-refractivity contribution is 8.18. The Labute approximate surface area is 145 Å². The van der Waals surface area contributed by atoms with Gasteiger partial charge in [0.1, 0.15) is 5.75 Å². The summed E-state index contributed by atoms with van der Waals surface area (Å²) in [6, 6.07) is 3.99. The van der Waals surface area contributed by atoms with E-state index in [2.05, 4.69) is 44.1 Å². The van der Waals surface area contributed by atoms with Gasteiger partial charge in [-0.3, -0.25) is 14.9 Å². The van der Waals surface area contributed by atoms with Gasteiger partial charge in [-0.2, -0.15) is 0 Å². The number of nitrogens with one attached hydrogen (secondary N) is 1. The first-order valence-corrected chi connectivity index (χ1v) is 8.45. The van der Waals surface area contributed by atoms with Crippen molar-refractivity contribution in [3.63, 3.8) is 0 Å². The average Bonchev–Trinajstić information content (AvgIpc) is 2.82. The second kappa shape index (κ2) is 5.70. The molecule has 0 spiro atoms. The second-order valence-corrected chi connectivity index (χ2v) is 7.52. The summed E-state index contributed by atoms with van der Waals surface area (Å²) in [6.45, 7) is 6.40. The van der Waals surface area contributed by atoms with E-state index in [1.54, 1.807) is 13.2 Å². The Hall–Kier alpha value is -2.21. The molecule has 24 heavy (non-hydrogen) atoms. The summed E-state index contributed by atoms with van der Waals surface area (Å²) in [6.07, 6.45) is 3.93. The predicted octanol–water partition coefficient (Wildman–Crippen LogP) is 3.65. The molecule has 1 aromatic rings. The van der Waals surface area contributed by atoms with E-state index in [1.807, 2.05) is 12.1 Å². The molecule has 6 heteroatoms. The van der Waals surface area contributed by atoms with Crippen LogP contribution in [0.5, 0.6) is 5.75 Å². The fraction of sp³-hybridized carbons (Fsp3) is 0.333. The molecule has 2 amide bonds. The number of ether oxygens (including phenoxy) is 1. The standard InChI is InChI=1S/C18H20N2O3S/c1-10-9-18(2,3)20(4)13-8-14(23-5)11(6-12(10)13)7-15-16(21)19-17(22)24-15/h6-9H,1-5H3,(H,19,21,22)/b15-7-. The summed E-state index contributed by atoms with van der Waals surface area (Å²) < 4.78 is 5.52. The Morgan fingerprint density at radius 2 is 2.00 bits per heavy atom. The van der Waals surface area contributed by atoms with Crippen LogP contribution in [0.3, 0.4) is 0 Å². The smallest absolute Gasteiger partial charge is 0.290 e. The molecule has 2 aliphatic rings. The summed E-state index contributed by atoms with van der Waals surface area (Å²) in [5, 5.41) is 1.92. The number of carbonyl (C=O) groups excluding carboxylic acids is 2. The quantitative estimate of drug-likeness (QED) is 0.830. The molecule has 0 atom stereocenters. The SMILES string of the molecule is COc1cc2c(cc1/C=C1\SC(=O)NC1=O)C(C)=CC(C)(C)N2C. The van der Waals surface area contributed by atoms with Crippen LogP contribution in [0.4, 0.5) is 10.5 Å². The van der Waals surface area contributed by atoms with Crippen LogP contribution >= 0.6 is 11.8 Å². The number of fused-ring (bicyclic) bond motifs is 1. The van der Waals surface area contributed by atoms with Gasteiger partial charge in [-0.05, 0) is 50.2 Å². The lowest BCUT2D eigenvalue weighted by molar-refractivity contribution is -0.115. The number of thioether (sulfide) groups is 1. The fourth-order valence-corrected chi connectivity index (χ4v) is 3.72. The number of carbonyl (C=O) groups is 2. The molecule has 0 saturated carbocycles. The summed E-state index contributed by atoms with van der Waals surface area (Å²) in [7, 11) is 3.66. The normalized spacial score (nSPS) is 20.8. The minimum atomic E-state index is -0.365.